The number of nitrogens with zero attached hydrogens (tertiary/aromatic N) is 1. The molecule has 1 aromatic heterocycles. The van der Waals surface area contributed by atoms with E-state index in [-0.39, 0.29) is 17.9 Å². The Morgan fingerprint density at radius 2 is 2.08 bits per heavy atom. The lowest BCUT2D eigenvalue weighted by atomic mass is 10.2. The van der Waals surface area contributed by atoms with Gasteiger partial charge in [0.25, 0.3) is 5.91 Å². The van der Waals surface area contributed by atoms with Crippen molar-refractivity contribution in [3.05, 3.63) is 71.7 Å². The minimum Gasteiger partial charge on any atom is -0.348 e. The standard InChI is InChI=1S/C18H15FN4OS/c19-14-5-3-4-12(8-14)10-21-17(24)13(9-20)11-22-18-23-15-6-1-2-7-16(15)25-18/h1-9,11,20H,10H2,(H,21,24)(H,22,23)/b13-11+,20-9?. The Balaban J connectivity index is 1.64. The fourth-order valence-corrected chi connectivity index (χ4v) is 3.01. The van der Waals surface area contributed by atoms with E-state index in [1.807, 2.05) is 24.3 Å². The normalized spacial score (nSPS) is 11.3. The average molecular weight is 354 g/mol. The van der Waals surface area contributed by atoms with Crippen LogP contribution in [0, 0.1) is 11.2 Å². The molecule has 1 amide bonds. The van der Waals surface area contributed by atoms with Gasteiger partial charge >= 0.3 is 0 Å². The molecule has 0 saturated carbocycles. The Bertz CT molecular complexity index is 918. The average Bonchev–Trinajstić information content (AvgIpc) is 3.03. The molecule has 25 heavy (non-hydrogen) atoms. The van der Waals surface area contributed by atoms with Gasteiger partial charge in [-0.25, -0.2) is 9.37 Å². The number of fused-ring (bicyclic) bond motifs is 1. The van der Waals surface area contributed by atoms with Gasteiger partial charge in [0.15, 0.2) is 5.13 Å². The number of halogens is 1. The lowest BCUT2D eigenvalue weighted by Gasteiger charge is -2.06. The number of carbonyl (C=O) groups is 1. The molecule has 0 atom stereocenters. The summed E-state index contributed by atoms with van der Waals surface area (Å²) in [6.45, 7) is 0.183. The summed E-state index contributed by atoms with van der Waals surface area (Å²) in [5, 5.41) is 13.7. The van der Waals surface area contributed by atoms with E-state index < -0.39 is 5.91 Å². The molecule has 3 N–H and O–H groups in total. The molecule has 0 aliphatic carbocycles. The van der Waals surface area contributed by atoms with E-state index >= 15 is 0 Å². The number of carbonyl (C=O) groups excluding carboxylic acids is 1. The minimum atomic E-state index is -0.423. The number of aromatic nitrogens is 1. The van der Waals surface area contributed by atoms with Gasteiger partial charge < -0.3 is 16.0 Å². The highest BCUT2D eigenvalue weighted by molar-refractivity contribution is 7.22. The number of hydrogen-bond acceptors (Lipinski definition) is 5. The van der Waals surface area contributed by atoms with E-state index in [1.54, 1.807) is 12.1 Å². The van der Waals surface area contributed by atoms with Crippen LogP contribution >= 0.6 is 11.3 Å². The first-order valence-electron chi connectivity index (χ1n) is 7.51. The van der Waals surface area contributed by atoms with E-state index in [9.17, 15) is 9.18 Å². The van der Waals surface area contributed by atoms with Crippen molar-refractivity contribution in [3.63, 3.8) is 0 Å². The largest absolute Gasteiger partial charge is 0.348 e. The van der Waals surface area contributed by atoms with Crippen LogP contribution in [-0.4, -0.2) is 17.1 Å². The zero-order chi connectivity index (χ0) is 17.6. The van der Waals surface area contributed by atoms with Gasteiger partial charge in [-0.3, -0.25) is 4.79 Å². The molecular formula is C18H15FN4OS. The molecule has 2 aromatic carbocycles. The summed E-state index contributed by atoms with van der Waals surface area (Å²) in [7, 11) is 0. The SMILES string of the molecule is N=C/C(=C\Nc1nc2ccccc2s1)C(=O)NCc1cccc(F)c1. The van der Waals surface area contributed by atoms with Crippen LogP contribution in [0.1, 0.15) is 5.56 Å². The molecule has 0 spiro atoms. The fraction of sp³-hybridized carbons (Fsp3) is 0.0556. The molecule has 0 aliphatic rings. The van der Waals surface area contributed by atoms with Gasteiger partial charge in [-0.05, 0) is 29.8 Å². The van der Waals surface area contributed by atoms with E-state index in [0.717, 1.165) is 16.4 Å². The minimum absolute atomic E-state index is 0.149. The Morgan fingerprint density at radius 3 is 2.84 bits per heavy atom. The summed E-state index contributed by atoms with van der Waals surface area (Å²) in [4.78, 5) is 16.5. The maximum Gasteiger partial charge on any atom is 0.254 e. The maximum absolute atomic E-state index is 13.1. The van der Waals surface area contributed by atoms with Gasteiger partial charge in [0.2, 0.25) is 0 Å². The lowest BCUT2D eigenvalue weighted by Crippen LogP contribution is -2.25. The second kappa shape index (κ2) is 7.67. The van der Waals surface area contributed by atoms with Gasteiger partial charge in [-0.15, -0.1) is 0 Å². The third kappa shape index (κ3) is 4.27. The van der Waals surface area contributed by atoms with Crippen molar-refractivity contribution in [2.45, 2.75) is 6.54 Å². The third-order valence-electron chi connectivity index (χ3n) is 3.40. The van der Waals surface area contributed by atoms with Crippen molar-refractivity contribution >= 4 is 38.8 Å². The summed E-state index contributed by atoms with van der Waals surface area (Å²) in [5.74, 6) is -0.778. The fourth-order valence-electron chi connectivity index (χ4n) is 2.18. The van der Waals surface area contributed by atoms with Crippen molar-refractivity contribution < 1.29 is 9.18 Å². The van der Waals surface area contributed by atoms with Crippen LogP contribution in [0.5, 0.6) is 0 Å². The number of anilines is 1. The van der Waals surface area contributed by atoms with Crippen LogP contribution in [0.4, 0.5) is 9.52 Å². The Hall–Kier alpha value is -3.06. The predicted molar refractivity (Wildman–Crippen MR) is 98.4 cm³/mol. The van der Waals surface area contributed by atoms with E-state index in [0.29, 0.717) is 10.7 Å². The van der Waals surface area contributed by atoms with Crippen LogP contribution in [0.2, 0.25) is 0 Å². The summed E-state index contributed by atoms with van der Waals surface area (Å²) >= 11 is 1.46. The first-order valence-corrected chi connectivity index (χ1v) is 8.33. The monoisotopic (exact) mass is 354 g/mol. The lowest BCUT2D eigenvalue weighted by molar-refractivity contribution is -0.117. The molecule has 126 valence electrons. The van der Waals surface area contributed by atoms with Crippen molar-refractivity contribution in [2.24, 2.45) is 0 Å². The zero-order valence-electron chi connectivity index (χ0n) is 13.1. The van der Waals surface area contributed by atoms with Gasteiger partial charge in [-0.1, -0.05) is 35.6 Å². The van der Waals surface area contributed by atoms with E-state index in [4.69, 9.17) is 5.41 Å². The van der Waals surface area contributed by atoms with Crippen LogP contribution in [0.15, 0.2) is 60.3 Å². The van der Waals surface area contributed by atoms with Crippen LogP contribution in [0.3, 0.4) is 0 Å². The van der Waals surface area contributed by atoms with Crippen molar-refractivity contribution in [3.8, 4) is 0 Å². The molecule has 7 heteroatoms. The number of rotatable bonds is 6. The Morgan fingerprint density at radius 1 is 1.24 bits per heavy atom. The maximum atomic E-state index is 13.1. The Labute approximate surface area is 147 Å². The number of thiazole rings is 1. The van der Waals surface area contributed by atoms with Gasteiger partial charge in [-0.2, -0.15) is 0 Å². The second-order valence-electron chi connectivity index (χ2n) is 5.19. The van der Waals surface area contributed by atoms with E-state index in [2.05, 4.69) is 15.6 Å². The molecule has 0 radical (unpaired) electrons. The smallest absolute Gasteiger partial charge is 0.254 e. The summed E-state index contributed by atoms with van der Waals surface area (Å²) in [6.07, 6.45) is 2.40. The van der Waals surface area contributed by atoms with Gasteiger partial charge in [0.1, 0.15) is 5.82 Å². The summed E-state index contributed by atoms with van der Waals surface area (Å²) < 4.78 is 14.2. The van der Waals surface area contributed by atoms with Crippen molar-refractivity contribution in [1.29, 1.82) is 5.41 Å². The molecular weight excluding hydrogens is 339 g/mol. The second-order valence-corrected chi connectivity index (χ2v) is 6.22. The van der Waals surface area contributed by atoms with Gasteiger partial charge in [0, 0.05) is 19.0 Å². The predicted octanol–water partition coefficient (Wildman–Crippen LogP) is 3.70. The quantitative estimate of drug-likeness (QED) is 0.467. The van der Waals surface area contributed by atoms with Crippen molar-refractivity contribution in [2.75, 3.05) is 5.32 Å². The van der Waals surface area contributed by atoms with Crippen LogP contribution in [0.25, 0.3) is 10.2 Å². The third-order valence-corrected chi connectivity index (χ3v) is 4.37. The summed E-state index contributed by atoms with van der Waals surface area (Å²) in [6, 6.07) is 13.7. The van der Waals surface area contributed by atoms with E-state index in [1.165, 1.54) is 29.7 Å². The number of para-hydroxylation sites is 1. The molecule has 5 nitrogen and oxygen atoms in total. The highest BCUT2D eigenvalue weighted by atomic mass is 32.1. The topological polar surface area (TPSA) is 77.9 Å². The molecule has 3 aromatic rings. The molecule has 0 aliphatic heterocycles. The highest BCUT2D eigenvalue weighted by Crippen LogP contribution is 2.25. The molecule has 0 bridgehead atoms. The van der Waals surface area contributed by atoms with Crippen molar-refractivity contribution in [1.82, 2.24) is 10.3 Å². The molecule has 1 heterocycles. The van der Waals surface area contributed by atoms with Crippen LogP contribution in [-0.2, 0) is 11.3 Å². The number of hydrogen-bond donors (Lipinski definition) is 3. The summed E-state index contributed by atoms with van der Waals surface area (Å²) in [5.41, 5.74) is 1.67. The molecule has 0 fully saturated rings. The number of nitrogens with one attached hydrogen (secondary N) is 3. The number of benzene rings is 2. The molecule has 3 rings (SSSR count). The first kappa shape index (κ1) is 16.8. The number of amides is 1. The first-order chi connectivity index (χ1) is 12.2. The molecule has 0 saturated heterocycles. The molecule has 0 unspecified atom stereocenters. The highest BCUT2D eigenvalue weighted by Gasteiger charge is 2.08. The van der Waals surface area contributed by atoms with Crippen LogP contribution < -0.4 is 10.6 Å². The Kier molecular flexibility index (Phi) is 5.15. The van der Waals surface area contributed by atoms with Gasteiger partial charge in [0.05, 0.1) is 15.8 Å². The zero-order valence-corrected chi connectivity index (χ0v) is 13.9.